The summed E-state index contributed by atoms with van der Waals surface area (Å²) >= 11 is 3.24. The van der Waals surface area contributed by atoms with E-state index in [0.717, 1.165) is 0 Å². The van der Waals surface area contributed by atoms with Gasteiger partial charge < -0.3 is 19.3 Å². The molecule has 0 bridgehead atoms. The van der Waals surface area contributed by atoms with Crippen LogP contribution in [0.3, 0.4) is 0 Å². The molecule has 1 aliphatic heterocycles. The number of morpholine rings is 1. The van der Waals surface area contributed by atoms with E-state index >= 15 is 0 Å². The Morgan fingerprint density at radius 1 is 1.43 bits per heavy atom. The zero-order valence-corrected chi connectivity index (χ0v) is 12.9. The van der Waals surface area contributed by atoms with E-state index in [0.29, 0.717) is 11.0 Å². The smallest absolute Gasteiger partial charge is 0.334 e. The quantitative estimate of drug-likeness (QED) is 0.839. The van der Waals surface area contributed by atoms with Gasteiger partial charge >= 0.3 is 5.97 Å². The number of carbonyl (C=O) groups excluding carboxylic acids is 1. The molecule has 1 aliphatic rings. The number of rotatable bonds is 3. The van der Waals surface area contributed by atoms with Crippen LogP contribution in [0.25, 0.3) is 0 Å². The molecule has 1 aromatic rings. The summed E-state index contributed by atoms with van der Waals surface area (Å²) in [5.41, 5.74) is -0.289. The van der Waals surface area contributed by atoms with Gasteiger partial charge in [-0.3, -0.25) is 9.59 Å². The lowest BCUT2D eigenvalue weighted by atomic mass is 10.2. The molecule has 0 radical (unpaired) electrons. The van der Waals surface area contributed by atoms with Gasteiger partial charge in [-0.1, -0.05) is 0 Å². The van der Waals surface area contributed by atoms with Crippen molar-refractivity contribution in [3.8, 4) is 0 Å². The first-order valence-electron chi connectivity index (χ1n) is 6.39. The number of hydrogen-bond acceptors (Lipinski definition) is 4. The largest absolute Gasteiger partial charge is 0.479 e. The molecule has 0 saturated carbocycles. The second-order valence-electron chi connectivity index (χ2n) is 4.89. The number of carbonyl (C=O) groups is 2. The van der Waals surface area contributed by atoms with Crippen molar-refractivity contribution in [2.24, 2.45) is 0 Å². The van der Waals surface area contributed by atoms with Crippen LogP contribution in [0.15, 0.2) is 27.6 Å². The van der Waals surface area contributed by atoms with Gasteiger partial charge in [-0.25, -0.2) is 4.79 Å². The standard InChI is InChI=1S/C13H15BrN2O5/c1-8-4-15(6-10(21-8)13(19)20)12(18)7-16-5-9(14)2-3-11(16)17/h2-3,5,8,10H,4,6-7H2,1H3,(H,19,20)/t8-,10?/m1/s1. The minimum absolute atomic E-state index is 0.0126. The van der Waals surface area contributed by atoms with E-state index in [2.05, 4.69) is 15.9 Å². The molecule has 2 atom stereocenters. The second-order valence-corrected chi connectivity index (χ2v) is 5.80. The summed E-state index contributed by atoms with van der Waals surface area (Å²) in [6.07, 6.45) is 0.138. The molecule has 1 aromatic heterocycles. The van der Waals surface area contributed by atoms with Gasteiger partial charge in [0.15, 0.2) is 6.10 Å². The van der Waals surface area contributed by atoms with Crippen LogP contribution in [0.2, 0.25) is 0 Å². The van der Waals surface area contributed by atoms with E-state index in [9.17, 15) is 14.4 Å². The van der Waals surface area contributed by atoms with E-state index in [-0.39, 0.29) is 30.7 Å². The van der Waals surface area contributed by atoms with Gasteiger partial charge in [0.2, 0.25) is 5.91 Å². The first kappa shape index (κ1) is 15.7. The molecule has 2 rings (SSSR count). The second kappa shape index (κ2) is 6.40. The van der Waals surface area contributed by atoms with Crippen molar-refractivity contribution in [2.75, 3.05) is 13.1 Å². The highest BCUT2D eigenvalue weighted by Gasteiger charge is 2.32. The van der Waals surface area contributed by atoms with Crippen molar-refractivity contribution in [1.29, 1.82) is 0 Å². The predicted molar refractivity (Wildman–Crippen MR) is 77.0 cm³/mol. The van der Waals surface area contributed by atoms with Gasteiger partial charge in [0.25, 0.3) is 5.56 Å². The third-order valence-corrected chi connectivity index (χ3v) is 3.61. The Morgan fingerprint density at radius 2 is 2.14 bits per heavy atom. The molecule has 21 heavy (non-hydrogen) atoms. The predicted octanol–water partition coefficient (Wildman–Crippen LogP) is 0.311. The van der Waals surface area contributed by atoms with Crippen LogP contribution < -0.4 is 5.56 Å². The molecular weight excluding hydrogens is 344 g/mol. The van der Waals surface area contributed by atoms with Gasteiger partial charge in [0.05, 0.1) is 12.6 Å². The Bertz CT molecular complexity index is 615. The molecule has 1 N–H and O–H groups in total. The normalized spacial score (nSPS) is 22.1. The third-order valence-electron chi connectivity index (χ3n) is 3.14. The lowest BCUT2D eigenvalue weighted by Crippen LogP contribution is -2.52. The molecule has 114 valence electrons. The number of carboxylic acid groups (broad SMARTS) is 1. The maximum absolute atomic E-state index is 12.2. The van der Waals surface area contributed by atoms with Crippen molar-refractivity contribution >= 4 is 27.8 Å². The molecule has 8 heteroatoms. The van der Waals surface area contributed by atoms with E-state index in [1.54, 1.807) is 13.0 Å². The molecule has 1 saturated heterocycles. The highest BCUT2D eigenvalue weighted by molar-refractivity contribution is 9.10. The monoisotopic (exact) mass is 358 g/mol. The van der Waals surface area contributed by atoms with Crippen molar-refractivity contribution in [3.63, 3.8) is 0 Å². The Hall–Kier alpha value is -1.67. The fraction of sp³-hybridized carbons (Fsp3) is 0.462. The summed E-state index contributed by atoms with van der Waals surface area (Å²) in [5.74, 6) is -1.41. The van der Waals surface area contributed by atoms with E-state index < -0.39 is 12.1 Å². The molecule has 0 spiro atoms. The summed E-state index contributed by atoms with van der Waals surface area (Å²) in [5, 5.41) is 9.00. The molecule has 1 amide bonds. The molecule has 1 unspecified atom stereocenters. The van der Waals surface area contributed by atoms with Crippen LogP contribution in [0, 0.1) is 0 Å². The molecule has 2 heterocycles. The van der Waals surface area contributed by atoms with E-state index in [1.807, 2.05) is 0 Å². The molecule has 1 fully saturated rings. The van der Waals surface area contributed by atoms with Crippen LogP contribution in [-0.4, -0.2) is 51.7 Å². The van der Waals surface area contributed by atoms with Crippen LogP contribution in [-0.2, 0) is 20.9 Å². The first-order valence-corrected chi connectivity index (χ1v) is 7.18. The summed E-state index contributed by atoms with van der Waals surface area (Å²) in [7, 11) is 0. The van der Waals surface area contributed by atoms with Gasteiger partial charge in [0, 0.05) is 23.3 Å². The maximum atomic E-state index is 12.2. The zero-order chi connectivity index (χ0) is 15.6. The lowest BCUT2D eigenvalue weighted by Gasteiger charge is -2.35. The number of aromatic nitrogens is 1. The fourth-order valence-corrected chi connectivity index (χ4v) is 2.54. The third kappa shape index (κ3) is 3.92. The van der Waals surface area contributed by atoms with E-state index in [1.165, 1.54) is 21.7 Å². The number of aliphatic carboxylic acids is 1. The van der Waals surface area contributed by atoms with Gasteiger partial charge in [-0.2, -0.15) is 0 Å². The Labute approximate surface area is 129 Å². The number of ether oxygens (including phenoxy) is 1. The average molecular weight is 359 g/mol. The molecule has 7 nitrogen and oxygen atoms in total. The number of amides is 1. The van der Waals surface area contributed by atoms with Gasteiger partial charge in [-0.05, 0) is 28.9 Å². The summed E-state index contributed by atoms with van der Waals surface area (Å²) < 4.78 is 7.22. The van der Waals surface area contributed by atoms with Crippen LogP contribution in [0.4, 0.5) is 0 Å². The van der Waals surface area contributed by atoms with Crippen molar-refractivity contribution in [3.05, 3.63) is 33.2 Å². The number of nitrogens with zero attached hydrogens (tertiary/aromatic N) is 2. The molecule has 0 aliphatic carbocycles. The van der Waals surface area contributed by atoms with Crippen molar-refractivity contribution in [1.82, 2.24) is 9.47 Å². The minimum atomic E-state index is -1.10. The highest BCUT2D eigenvalue weighted by Crippen LogP contribution is 2.12. The summed E-state index contributed by atoms with van der Waals surface area (Å²) in [4.78, 5) is 36.3. The number of carboxylic acids is 1. The topological polar surface area (TPSA) is 88.8 Å². The maximum Gasteiger partial charge on any atom is 0.334 e. The molecule has 0 aromatic carbocycles. The average Bonchev–Trinajstić information content (AvgIpc) is 2.42. The first-order chi connectivity index (χ1) is 9.86. The Morgan fingerprint density at radius 3 is 2.81 bits per heavy atom. The zero-order valence-electron chi connectivity index (χ0n) is 11.4. The Kier molecular flexibility index (Phi) is 4.79. The van der Waals surface area contributed by atoms with Crippen LogP contribution in [0.5, 0.6) is 0 Å². The fourth-order valence-electron chi connectivity index (χ4n) is 2.16. The van der Waals surface area contributed by atoms with E-state index in [4.69, 9.17) is 9.84 Å². The minimum Gasteiger partial charge on any atom is -0.479 e. The number of pyridine rings is 1. The Balaban J connectivity index is 2.10. The number of hydrogen-bond donors (Lipinski definition) is 1. The van der Waals surface area contributed by atoms with Crippen LogP contribution >= 0.6 is 15.9 Å². The molecular formula is C13H15BrN2O5. The van der Waals surface area contributed by atoms with Gasteiger partial charge in [0.1, 0.15) is 6.54 Å². The van der Waals surface area contributed by atoms with Gasteiger partial charge in [-0.15, -0.1) is 0 Å². The highest BCUT2D eigenvalue weighted by atomic mass is 79.9. The SMILES string of the molecule is C[C@@H]1CN(C(=O)Cn2cc(Br)ccc2=O)CC(C(=O)O)O1. The lowest BCUT2D eigenvalue weighted by molar-refractivity contribution is -0.166. The van der Waals surface area contributed by atoms with Crippen LogP contribution in [0.1, 0.15) is 6.92 Å². The van der Waals surface area contributed by atoms with Crippen molar-refractivity contribution in [2.45, 2.75) is 25.7 Å². The summed E-state index contributed by atoms with van der Waals surface area (Å²) in [6, 6.07) is 2.96. The van der Waals surface area contributed by atoms with Crippen molar-refractivity contribution < 1.29 is 19.4 Å². The summed E-state index contributed by atoms with van der Waals surface area (Å²) in [6.45, 7) is 1.88. The number of halogens is 1.